The zero-order chi connectivity index (χ0) is 24.6. The van der Waals surface area contributed by atoms with E-state index >= 15 is 0 Å². The van der Waals surface area contributed by atoms with Crippen molar-refractivity contribution >= 4 is 11.9 Å². The van der Waals surface area contributed by atoms with Crippen molar-refractivity contribution in [3.05, 3.63) is 0 Å². The molecule has 1 aliphatic heterocycles. The van der Waals surface area contributed by atoms with Crippen LogP contribution in [0.3, 0.4) is 0 Å². The van der Waals surface area contributed by atoms with Gasteiger partial charge in [-0.2, -0.15) is 0 Å². The zero-order valence-corrected chi connectivity index (χ0v) is 23.4. The second-order valence-electron chi connectivity index (χ2n) is 13.9. The quantitative estimate of drug-likeness (QED) is 0.398. The second-order valence-corrected chi connectivity index (χ2v) is 13.9. The minimum Gasteiger partial charge on any atom is -1.00 e. The summed E-state index contributed by atoms with van der Waals surface area (Å²) in [5.74, 6) is 0.919. The van der Waals surface area contributed by atoms with Crippen molar-refractivity contribution in [2.24, 2.45) is 33.5 Å². The Balaban J connectivity index is 0.00000289. The van der Waals surface area contributed by atoms with Crippen LogP contribution in [-0.4, -0.2) is 68.0 Å². The van der Waals surface area contributed by atoms with E-state index in [9.17, 15) is 9.59 Å². The maximum absolute atomic E-state index is 13.2. The maximum atomic E-state index is 13.2. The first-order chi connectivity index (χ1) is 15.8. The third-order valence-corrected chi connectivity index (χ3v) is 12.3. The Labute approximate surface area is 217 Å². The lowest BCUT2D eigenvalue weighted by atomic mass is 9.70. The van der Waals surface area contributed by atoms with Gasteiger partial charge in [0.2, 0.25) is 0 Å². The molecule has 4 aliphatic carbocycles. The third-order valence-electron chi connectivity index (χ3n) is 12.3. The Hall–Kier alpha value is -0.850. The van der Waals surface area contributed by atoms with Gasteiger partial charge >= 0.3 is 11.9 Å². The number of ether oxygens (including phenoxy) is 3. The summed E-state index contributed by atoms with van der Waals surface area (Å²) < 4.78 is 18.3. The van der Waals surface area contributed by atoms with E-state index in [0.29, 0.717) is 42.6 Å². The Kier molecular flexibility index (Phi) is 6.89. The monoisotopic (exact) mass is 511 g/mol. The van der Waals surface area contributed by atoms with Crippen molar-refractivity contribution < 1.29 is 40.7 Å². The number of carbonyl (C=O) groups is 2. The molecule has 0 N–H and O–H groups in total. The summed E-state index contributed by atoms with van der Waals surface area (Å²) in [4.78, 5) is 26.5. The summed E-state index contributed by atoms with van der Waals surface area (Å²) in [5.41, 5.74) is 0.507. The summed E-state index contributed by atoms with van der Waals surface area (Å²) >= 11 is 0. The van der Waals surface area contributed by atoms with Crippen molar-refractivity contribution in [1.29, 1.82) is 0 Å². The molecule has 5 aliphatic rings. The van der Waals surface area contributed by atoms with Gasteiger partial charge in [-0.05, 0) is 61.2 Å². The Morgan fingerprint density at radius 2 is 1.17 bits per heavy atom. The molecule has 5 fully saturated rings. The Morgan fingerprint density at radius 1 is 0.771 bits per heavy atom. The van der Waals surface area contributed by atoms with Crippen LogP contribution in [0.5, 0.6) is 0 Å². The Morgan fingerprint density at radius 3 is 1.49 bits per heavy atom. The predicted octanol–water partition coefficient (Wildman–Crippen LogP) is 1.35. The van der Waals surface area contributed by atoms with Gasteiger partial charge < -0.3 is 31.1 Å². The van der Waals surface area contributed by atoms with Crippen LogP contribution in [0.2, 0.25) is 0 Å². The number of hydrogen-bond donors (Lipinski definition) is 0. The van der Waals surface area contributed by atoms with E-state index in [1.807, 2.05) is 0 Å². The third kappa shape index (κ3) is 4.05. The molecule has 0 spiro atoms. The van der Waals surface area contributed by atoms with Crippen molar-refractivity contribution in [2.75, 3.05) is 39.4 Å². The van der Waals surface area contributed by atoms with E-state index in [0.717, 1.165) is 25.7 Å². The molecule has 7 heteroatoms. The first kappa shape index (κ1) is 27.2. The fourth-order valence-corrected chi connectivity index (χ4v) is 8.66. The van der Waals surface area contributed by atoms with E-state index in [4.69, 9.17) is 14.2 Å². The molecule has 0 amide bonds. The molecular formula is C28H46ClNO5. The van der Waals surface area contributed by atoms with Crippen LogP contribution in [0.25, 0.3) is 0 Å². The number of quaternary nitrogens is 1. The maximum Gasteiger partial charge on any atom is 0.362 e. The minimum absolute atomic E-state index is 0. The molecule has 6 atom stereocenters. The van der Waals surface area contributed by atoms with Crippen LogP contribution in [0, 0.1) is 33.5 Å². The molecule has 0 aromatic heterocycles. The molecule has 0 aromatic rings. The zero-order valence-electron chi connectivity index (χ0n) is 22.7. The second kappa shape index (κ2) is 8.87. The van der Waals surface area contributed by atoms with Crippen molar-refractivity contribution in [2.45, 2.75) is 92.3 Å². The van der Waals surface area contributed by atoms with E-state index in [-0.39, 0.29) is 71.3 Å². The molecule has 35 heavy (non-hydrogen) atoms. The lowest BCUT2D eigenvalue weighted by molar-refractivity contribution is -0.921. The van der Waals surface area contributed by atoms with Gasteiger partial charge in [0.15, 0.2) is 13.1 Å². The van der Waals surface area contributed by atoms with Crippen molar-refractivity contribution in [3.63, 3.8) is 0 Å². The van der Waals surface area contributed by atoms with Gasteiger partial charge in [0.25, 0.3) is 0 Å². The van der Waals surface area contributed by atoms with E-state index in [1.54, 1.807) is 0 Å². The highest BCUT2D eigenvalue weighted by molar-refractivity contribution is 5.73. The van der Waals surface area contributed by atoms with E-state index < -0.39 is 0 Å². The van der Waals surface area contributed by atoms with E-state index in [1.165, 1.54) is 12.8 Å². The number of esters is 2. The molecule has 1 saturated heterocycles. The standard InChI is InChI=1S/C28H46NO5.ClH/c1-25(2)19-7-9-27(25,5)21(15-19)33-23(30)17-29(11-13-32-14-12-29)18-24(31)34-22-16-20-8-10-28(22,6)26(20,3)4;/h19-22H,7-18H2,1-6H3;1H/q+1;/p-1. The fraction of sp³-hybridized carbons (Fsp3) is 0.929. The highest BCUT2D eigenvalue weighted by Gasteiger charge is 2.64. The Bertz CT molecular complexity index is 790. The first-order valence-electron chi connectivity index (χ1n) is 13.6. The van der Waals surface area contributed by atoms with Gasteiger partial charge in [-0.1, -0.05) is 41.5 Å². The molecule has 1 heterocycles. The molecule has 200 valence electrons. The average Bonchev–Trinajstić information content (AvgIpc) is 3.26. The molecule has 6 unspecified atom stereocenters. The van der Waals surface area contributed by atoms with Crippen molar-refractivity contribution in [1.82, 2.24) is 0 Å². The molecule has 4 bridgehead atoms. The number of carbonyl (C=O) groups excluding carboxylic acids is 2. The summed E-state index contributed by atoms with van der Waals surface area (Å²) in [5, 5.41) is 0. The van der Waals surface area contributed by atoms with Gasteiger partial charge in [0, 0.05) is 10.8 Å². The molecule has 4 saturated carbocycles. The van der Waals surface area contributed by atoms with Crippen molar-refractivity contribution in [3.8, 4) is 0 Å². The van der Waals surface area contributed by atoms with Crippen LogP contribution < -0.4 is 12.4 Å². The van der Waals surface area contributed by atoms with Crippen LogP contribution in [0.1, 0.15) is 80.1 Å². The van der Waals surface area contributed by atoms with Crippen LogP contribution >= 0.6 is 0 Å². The van der Waals surface area contributed by atoms with Gasteiger partial charge in [-0.15, -0.1) is 0 Å². The largest absolute Gasteiger partial charge is 1.00 e. The van der Waals surface area contributed by atoms with Crippen LogP contribution in [-0.2, 0) is 23.8 Å². The number of halogens is 1. The molecule has 6 nitrogen and oxygen atoms in total. The first-order valence-corrected chi connectivity index (χ1v) is 13.6. The minimum atomic E-state index is -0.169. The summed E-state index contributed by atoms with van der Waals surface area (Å²) in [6.07, 6.45) is 6.63. The number of nitrogens with zero attached hydrogens (tertiary/aromatic N) is 1. The number of hydrogen-bond acceptors (Lipinski definition) is 5. The smallest absolute Gasteiger partial charge is 0.362 e. The summed E-state index contributed by atoms with van der Waals surface area (Å²) in [6, 6.07) is 0. The van der Waals surface area contributed by atoms with Gasteiger partial charge in [0.1, 0.15) is 25.3 Å². The van der Waals surface area contributed by atoms with Crippen LogP contribution in [0.4, 0.5) is 0 Å². The highest BCUT2D eigenvalue weighted by atomic mass is 35.5. The SMILES string of the molecule is CC1(C)C2CCC1(C)C(OC(=O)C[N+]1(CC(=O)OC3CC4CCC3(C)C4(C)C)CCOCC1)C2.[Cl-]. The van der Waals surface area contributed by atoms with E-state index in [2.05, 4.69) is 41.5 Å². The van der Waals surface area contributed by atoms with Gasteiger partial charge in [-0.25, -0.2) is 9.59 Å². The van der Waals surface area contributed by atoms with Crippen LogP contribution in [0.15, 0.2) is 0 Å². The highest BCUT2D eigenvalue weighted by Crippen LogP contribution is 2.67. The molecule has 0 radical (unpaired) electrons. The number of morpholine rings is 1. The normalized spacial score (nSPS) is 41.9. The number of rotatable bonds is 6. The number of fused-ring (bicyclic) bond motifs is 4. The molecule has 5 rings (SSSR count). The lowest BCUT2D eigenvalue weighted by Gasteiger charge is -2.42. The molecule has 0 aromatic carbocycles. The fourth-order valence-electron chi connectivity index (χ4n) is 8.66. The lowest BCUT2D eigenvalue weighted by Crippen LogP contribution is -3.00. The van der Waals surface area contributed by atoms with Gasteiger partial charge in [-0.3, -0.25) is 0 Å². The molecular weight excluding hydrogens is 466 g/mol. The summed E-state index contributed by atoms with van der Waals surface area (Å²) in [7, 11) is 0. The average molecular weight is 512 g/mol. The van der Waals surface area contributed by atoms with Gasteiger partial charge in [0.05, 0.1) is 13.2 Å². The summed E-state index contributed by atoms with van der Waals surface area (Å²) in [6.45, 7) is 16.8. The topological polar surface area (TPSA) is 61.8 Å². The predicted molar refractivity (Wildman–Crippen MR) is 129 cm³/mol.